The first kappa shape index (κ1) is 65.9. The molecule has 8 aromatic rings. The Balaban J connectivity index is 0.994. The van der Waals surface area contributed by atoms with Gasteiger partial charge in [-0.05, 0) is 78.8 Å². The second kappa shape index (κ2) is 33.3. The molecule has 1 aromatic heterocycles. The number of aromatic nitrogens is 1. The third-order valence-electron chi connectivity index (χ3n) is 16.0. The third kappa shape index (κ3) is 19.7. The summed E-state index contributed by atoms with van der Waals surface area (Å²) in [6, 6.07) is 75.1. The van der Waals surface area contributed by atoms with E-state index in [2.05, 4.69) is 0 Å². The molecule has 2 aliphatic rings. The van der Waals surface area contributed by atoms with Crippen molar-refractivity contribution in [2.45, 2.75) is 166 Å². The molecule has 3 heterocycles. The zero-order valence-electron chi connectivity index (χ0n) is 51.7. The van der Waals surface area contributed by atoms with Crippen LogP contribution in [-0.4, -0.2) is 89.9 Å². The lowest BCUT2D eigenvalue weighted by Crippen LogP contribution is -2.60. The van der Waals surface area contributed by atoms with Crippen LogP contribution in [0.15, 0.2) is 237 Å². The topological polar surface area (TPSA) is 133 Å². The first-order valence-electron chi connectivity index (χ1n) is 31.0. The molecule has 0 saturated carbocycles. The normalized spacial score (nSPS) is 21.1. The Kier molecular flexibility index (Phi) is 24.4. The summed E-state index contributed by atoms with van der Waals surface area (Å²) in [4.78, 5) is 21.4. The van der Waals surface area contributed by atoms with Crippen molar-refractivity contribution in [1.82, 2.24) is 4.73 Å². The van der Waals surface area contributed by atoms with Crippen LogP contribution in [-0.2, 0) is 103 Å². The maximum Gasteiger partial charge on any atom is 0.361 e. The lowest BCUT2D eigenvalue weighted by molar-refractivity contribution is -0.323. The van der Waals surface area contributed by atoms with Crippen molar-refractivity contribution >= 4 is 18.2 Å². The SMILES string of the molecule is CC(C)(OCc1ccccc1)[C@H]1O[C@H](OC(C[C@@H](COCc2ccccc2)O[C@@H]2C[C@@H](OCc3ccccc3)[C@H](OCc3ccccc3)[C@@H](C(C)(C)OCc3ccccc3)O2)C(=O)On2ccccc2=S)C[C@@H](OCc2ccccc2)[C@@H]1OCc1ccccc1. The van der Waals surface area contributed by atoms with Gasteiger partial charge in [0.1, 0.15) is 29.1 Å². The van der Waals surface area contributed by atoms with Crippen LogP contribution in [0.25, 0.3) is 0 Å². The largest absolute Gasteiger partial charge is 0.374 e. The average Bonchev–Trinajstić information content (AvgIpc) is 1.07. The third-order valence-corrected chi connectivity index (χ3v) is 16.3. The standard InChI is InChI=1S/C75H83NO13S/c1-74(2,83-52-60-38-22-10-23-39-60)71-69(81-50-58-34-18-8-19-35-58)63(79-48-56-30-14-6-15-31-56)45-67(87-71)85-62(54-78-47-55-28-12-5-13-29-55)44-65(73(77)89-76-43-27-26-42-66(76)90)86-68-46-64(80-49-57-32-16-7-17-33-57)70(82-51-59-36-20-9-21-37-59)72(88-68)75(3,4)84-53-61-40-24-11-25-41-61/h5-43,62-65,67-72H,44-54H2,1-4H3/t62-,63+,64+,65?,67-,68-,69-,70-,71-,72-/m0/s1. The van der Waals surface area contributed by atoms with Gasteiger partial charge >= 0.3 is 5.97 Å². The van der Waals surface area contributed by atoms with Crippen molar-refractivity contribution in [1.29, 1.82) is 0 Å². The van der Waals surface area contributed by atoms with Gasteiger partial charge < -0.3 is 56.9 Å². The summed E-state index contributed by atoms with van der Waals surface area (Å²) in [7, 11) is 0. The summed E-state index contributed by atoms with van der Waals surface area (Å²) in [5.74, 6) is -0.755. The molecule has 2 fully saturated rings. The van der Waals surface area contributed by atoms with Gasteiger partial charge in [-0.25, -0.2) is 4.79 Å². The maximum atomic E-state index is 15.3. The van der Waals surface area contributed by atoms with Crippen LogP contribution < -0.4 is 4.84 Å². The van der Waals surface area contributed by atoms with Crippen LogP contribution >= 0.6 is 12.2 Å². The highest BCUT2D eigenvalue weighted by Gasteiger charge is 2.52. The van der Waals surface area contributed by atoms with Crippen LogP contribution in [0, 0.1) is 4.64 Å². The fraction of sp³-hybridized carbons (Fsp3) is 0.360. The smallest absolute Gasteiger partial charge is 0.361 e. The van der Waals surface area contributed by atoms with E-state index in [1.54, 1.807) is 24.4 Å². The fourth-order valence-electron chi connectivity index (χ4n) is 11.1. The minimum Gasteiger partial charge on any atom is -0.374 e. The van der Waals surface area contributed by atoms with Crippen molar-refractivity contribution in [2.24, 2.45) is 0 Å². The van der Waals surface area contributed by atoms with E-state index in [0.717, 1.165) is 38.9 Å². The number of carbonyl (C=O) groups excluding carboxylic acids is 1. The first-order valence-corrected chi connectivity index (χ1v) is 31.4. The number of nitrogens with zero attached hydrogens (tertiary/aromatic N) is 1. The first-order chi connectivity index (χ1) is 43.9. The molecule has 2 aliphatic heterocycles. The monoisotopic (exact) mass is 1240 g/mol. The zero-order chi connectivity index (χ0) is 62.4. The Bertz CT molecular complexity index is 3400. The molecular weight excluding hydrogens is 1150 g/mol. The molecule has 0 bridgehead atoms. The summed E-state index contributed by atoms with van der Waals surface area (Å²) in [5.41, 5.74) is 4.86. The van der Waals surface area contributed by atoms with Gasteiger partial charge in [0, 0.05) is 25.5 Å². The lowest BCUT2D eigenvalue weighted by Gasteiger charge is -2.48. The molecule has 0 radical (unpaired) electrons. The Morgan fingerprint density at radius 3 is 1.19 bits per heavy atom. The van der Waals surface area contributed by atoms with Gasteiger partial charge in [-0.2, -0.15) is 4.73 Å². The summed E-state index contributed by atoms with van der Waals surface area (Å²) in [6.45, 7) is 9.92. The Morgan fingerprint density at radius 2 is 0.800 bits per heavy atom. The molecule has 15 heteroatoms. The van der Waals surface area contributed by atoms with Gasteiger partial charge in [0.15, 0.2) is 18.7 Å². The highest BCUT2D eigenvalue weighted by molar-refractivity contribution is 7.71. The average molecular weight is 1240 g/mol. The van der Waals surface area contributed by atoms with Gasteiger partial charge in [0.2, 0.25) is 0 Å². The van der Waals surface area contributed by atoms with E-state index in [1.807, 2.05) is 240 Å². The molecule has 10 rings (SSSR count). The summed E-state index contributed by atoms with van der Waals surface area (Å²) >= 11 is 5.68. The summed E-state index contributed by atoms with van der Waals surface area (Å²) in [6.07, 6.45) is -6.52. The number of benzene rings is 7. The van der Waals surface area contributed by atoms with Crippen molar-refractivity contribution in [2.75, 3.05) is 6.61 Å². The minimum atomic E-state index is -1.37. The van der Waals surface area contributed by atoms with Crippen LogP contribution in [0.1, 0.15) is 85.9 Å². The van der Waals surface area contributed by atoms with E-state index in [9.17, 15) is 0 Å². The number of hydrogen-bond donors (Lipinski definition) is 0. The molecule has 10 atom stereocenters. The maximum absolute atomic E-state index is 15.3. The molecular formula is C75H83NO13S. The molecule has 0 amide bonds. The van der Waals surface area contributed by atoms with Crippen LogP contribution in [0.5, 0.6) is 0 Å². The molecule has 1 unspecified atom stereocenters. The van der Waals surface area contributed by atoms with Crippen molar-refractivity contribution in [3.63, 3.8) is 0 Å². The molecule has 0 spiro atoms. The Labute approximate surface area is 534 Å². The quantitative estimate of drug-likeness (QED) is 0.0370. The van der Waals surface area contributed by atoms with Gasteiger partial charge in [0.25, 0.3) is 0 Å². The second-order valence-electron chi connectivity index (χ2n) is 23.8. The van der Waals surface area contributed by atoms with E-state index in [4.69, 9.17) is 69.2 Å². The number of carbonyl (C=O) groups is 1. The Morgan fingerprint density at radius 1 is 0.456 bits per heavy atom. The van der Waals surface area contributed by atoms with E-state index in [-0.39, 0.29) is 63.5 Å². The van der Waals surface area contributed by atoms with Crippen LogP contribution in [0.4, 0.5) is 0 Å². The summed E-state index contributed by atoms with van der Waals surface area (Å²) < 4.78 is 78.3. The zero-order valence-corrected chi connectivity index (χ0v) is 52.5. The van der Waals surface area contributed by atoms with Crippen molar-refractivity contribution < 1.29 is 61.7 Å². The van der Waals surface area contributed by atoms with Gasteiger partial charge in [-0.1, -0.05) is 231 Å². The Hall–Kier alpha value is -7.06. The summed E-state index contributed by atoms with van der Waals surface area (Å²) in [5, 5.41) is 0. The van der Waals surface area contributed by atoms with Crippen molar-refractivity contribution in [3.8, 4) is 0 Å². The van der Waals surface area contributed by atoms with E-state index in [0.29, 0.717) is 13.2 Å². The number of rotatable bonds is 32. The van der Waals surface area contributed by atoms with Crippen LogP contribution in [0.3, 0.4) is 0 Å². The van der Waals surface area contributed by atoms with Crippen molar-refractivity contribution in [3.05, 3.63) is 280 Å². The molecule has 14 nitrogen and oxygen atoms in total. The molecule has 90 heavy (non-hydrogen) atoms. The van der Waals surface area contributed by atoms with E-state index < -0.39 is 78.6 Å². The van der Waals surface area contributed by atoms with Gasteiger partial charge in [-0.15, -0.1) is 0 Å². The van der Waals surface area contributed by atoms with Crippen LogP contribution in [0.2, 0.25) is 0 Å². The van der Waals surface area contributed by atoms with E-state index in [1.165, 1.54) is 4.73 Å². The number of hydrogen-bond acceptors (Lipinski definition) is 14. The fourth-order valence-corrected chi connectivity index (χ4v) is 11.3. The number of pyridine rings is 1. The van der Waals surface area contributed by atoms with Gasteiger partial charge in [0.05, 0.1) is 82.4 Å². The molecule has 472 valence electrons. The predicted octanol–water partition coefficient (Wildman–Crippen LogP) is 14.1. The molecule has 0 aliphatic carbocycles. The second-order valence-corrected chi connectivity index (χ2v) is 24.2. The highest BCUT2D eigenvalue weighted by atomic mass is 32.1. The number of ether oxygens (including phenoxy) is 11. The van der Waals surface area contributed by atoms with Gasteiger partial charge in [-0.3, -0.25) is 0 Å². The molecule has 0 N–H and O–H groups in total. The van der Waals surface area contributed by atoms with E-state index >= 15 is 4.79 Å². The predicted molar refractivity (Wildman–Crippen MR) is 345 cm³/mol. The molecule has 7 aromatic carbocycles. The molecule has 2 saturated heterocycles. The minimum absolute atomic E-state index is 0.00141. The highest BCUT2D eigenvalue weighted by Crippen LogP contribution is 2.39. The lowest BCUT2D eigenvalue weighted by atomic mass is 9.89.